The lowest BCUT2D eigenvalue weighted by Crippen LogP contribution is -2.03. The van der Waals surface area contributed by atoms with E-state index in [0.29, 0.717) is 0 Å². The van der Waals surface area contributed by atoms with Gasteiger partial charge in [-0.3, -0.25) is 0 Å². The molecule has 0 aliphatic heterocycles. The molecular weight excluding hydrogens is 116 g/mol. The number of hydrogen-bond acceptors (Lipinski definition) is 2. The Hall–Kier alpha value is -0.500. The van der Waals surface area contributed by atoms with Crippen LogP contribution in [0.4, 0.5) is 0 Å². The predicted molar refractivity (Wildman–Crippen MR) is 36.7 cm³/mol. The van der Waals surface area contributed by atoms with Crippen LogP contribution >= 0.6 is 0 Å². The minimum atomic E-state index is 0.182. The van der Waals surface area contributed by atoms with E-state index in [4.69, 9.17) is 4.89 Å². The summed E-state index contributed by atoms with van der Waals surface area (Å²) < 4.78 is 0. The van der Waals surface area contributed by atoms with E-state index in [-0.39, 0.29) is 6.10 Å². The molecule has 0 aromatic carbocycles. The Balaban J connectivity index is 3.06. The summed E-state index contributed by atoms with van der Waals surface area (Å²) in [7, 11) is 0. The van der Waals surface area contributed by atoms with Gasteiger partial charge in [-0.1, -0.05) is 6.92 Å². The maximum absolute atomic E-state index is 4.84. The van der Waals surface area contributed by atoms with Crippen molar-refractivity contribution in [2.45, 2.75) is 33.3 Å². The quantitative estimate of drug-likeness (QED) is 0.330. The molecule has 0 saturated carbocycles. The van der Waals surface area contributed by atoms with Gasteiger partial charge in [-0.2, -0.15) is 4.89 Å². The summed E-state index contributed by atoms with van der Waals surface area (Å²) in [6, 6.07) is 0. The molecule has 0 radical (unpaired) electrons. The Morgan fingerprint density at radius 3 is 2.67 bits per heavy atom. The molecule has 0 aliphatic carbocycles. The molecule has 0 bridgehead atoms. The number of rotatable bonds is 4. The van der Waals surface area contributed by atoms with Gasteiger partial charge < -0.3 is 4.89 Å². The summed E-state index contributed by atoms with van der Waals surface area (Å²) in [5.74, 6) is 0. The Bertz CT molecular complexity index is 79.0. The second-order valence-corrected chi connectivity index (χ2v) is 1.88. The zero-order chi connectivity index (χ0) is 7.11. The Labute approximate surface area is 56.4 Å². The van der Waals surface area contributed by atoms with Crippen molar-refractivity contribution < 1.29 is 9.78 Å². The van der Waals surface area contributed by atoms with E-state index < -0.39 is 0 Å². The lowest BCUT2D eigenvalue weighted by Gasteiger charge is -2.05. The van der Waals surface area contributed by atoms with Crippen LogP contribution in [0.5, 0.6) is 0 Å². The Kier molecular flexibility index (Phi) is 5.32. The van der Waals surface area contributed by atoms with Gasteiger partial charge in [-0.25, -0.2) is 0 Å². The van der Waals surface area contributed by atoms with Crippen LogP contribution in [-0.4, -0.2) is 6.10 Å². The molecule has 0 spiro atoms. The molecule has 0 heterocycles. The second kappa shape index (κ2) is 5.63. The first-order valence-corrected chi connectivity index (χ1v) is 3.24. The third-order valence-electron chi connectivity index (χ3n) is 0.986. The van der Waals surface area contributed by atoms with Gasteiger partial charge in [-0.15, -0.1) is 0 Å². The molecular formula is C7H14O2. The summed E-state index contributed by atoms with van der Waals surface area (Å²) in [4.78, 5) is 9.50. The largest absolute Gasteiger partial charge is 0.346 e. The van der Waals surface area contributed by atoms with Crippen molar-refractivity contribution in [3.05, 3.63) is 12.3 Å². The molecule has 0 amide bonds. The van der Waals surface area contributed by atoms with Gasteiger partial charge in [0.1, 0.15) is 12.4 Å². The van der Waals surface area contributed by atoms with E-state index in [9.17, 15) is 0 Å². The molecule has 1 atom stereocenters. The van der Waals surface area contributed by atoms with E-state index in [1.165, 1.54) is 6.26 Å². The van der Waals surface area contributed by atoms with Crippen LogP contribution in [0.15, 0.2) is 12.3 Å². The van der Waals surface area contributed by atoms with Crippen LogP contribution in [0.3, 0.4) is 0 Å². The zero-order valence-corrected chi connectivity index (χ0v) is 6.26. The average Bonchev–Trinajstić information content (AvgIpc) is 1.89. The van der Waals surface area contributed by atoms with Crippen molar-refractivity contribution >= 4 is 0 Å². The monoisotopic (exact) mass is 130 g/mol. The minimum absolute atomic E-state index is 0.182. The maximum atomic E-state index is 4.84. The maximum Gasteiger partial charge on any atom is 0.125 e. The molecule has 0 N–H and O–H groups in total. The second-order valence-electron chi connectivity index (χ2n) is 1.88. The molecule has 1 unspecified atom stereocenters. The summed E-state index contributed by atoms with van der Waals surface area (Å²) in [6.07, 6.45) is 4.45. The van der Waals surface area contributed by atoms with Gasteiger partial charge in [0.15, 0.2) is 0 Å². The van der Waals surface area contributed by atoms with Gasteiger partial charge in [0.25, 0.3) is 0 Å². The topological polar surface area (TPSA) is 18.5 Å². The SMILES string of the molecule is CC=COOC(C)CC. The summed E-state index contributed by atoms with van der Waals surface area (Å²) in [5.41, 5.74) is 0. The molecule has 2 heteroatoms. The third kappa shape index (κ3) is 5.37. The highest BCUT2D eigenvalue weighted by Gasteiger charge is 1.95. The van der Waals surface area contributed by atoms with Crippen molar-refractivity contribution in [1.82, 2.24) is 0 Å². The lowest BCUT2D eigenvalue weighted by molar-refractivity contribution is -0.279. The van der Waals surface area contributed by atoms with E-state index >= 15 is 0 Å². The van der Waals surface area contributed by atoms with E-state index in [2.05, 4.69) is 4.89 Å². The molecule has 0 saturated heterocycles. The van der Waals surface area contributed by atoms with Crippen LogP contribution in [-0.2, 0) is 9.78 Å². The lowest BCUT2D eigenvalue weighted by atomic mass is 10.3. The predicted octanol–water partition coefficient (Wildman–Crippen LogP) is 2.27. The fourth-order valence-electron chi connectivity index (χ4n) is 0.251. The Morgan fingerprint density at radius 1 is 1.56 bits per heavy atom. The van der Waals surface area contributed by atoms with Crippen LogP contribution < -0.4 is 0 Å². The molecule has 0 aromatic rings. The molecule has 54 valence electrons. The molecule has 0 aliphatic rings. The molecule has 0 fully saturated rings. The molecule has 0 aromatic heterocycles. The Morgan fingerprint density at radius 2 is 2.22 bits per heavy atom. The first-order chi connectivity index (χ1) is 4.31. The molecule has 0 rings (SSSR count). The standard InChI is InChI=1S/C7H14O2/c1-4-6-8-9-7(3)5-2/h4,6-7H,5H2,1-3H3. The normalized spacial score (nSPS) is 14.1. The van der Waals surface area contributed by atoms with Crippen molar-refractivity contribution in [3.8, 4) is 0 Å². The molecule has 2 nitrogen and oxygen atoms in total. The van der Waals surface area contributed by atoms with Gasteiger partial charge in [0.05, 0.1) is 0 Å². The van der Waals surface area contributed by atoms with Gasteiger partial charge in [-0.05, 0) is 26.3 Å². The van der Waals surface area contributed by atoms with Crippen molar-refractivity contribution in [2.75, 3.05) is 0 Å². The summed E-state index contributed by atoms with van der Waals surface area (Å²) in [6.45, 7) is 5.88. The highest BCUT2D eigenvalue weighted by Crippen LogP contribution is 1.95. The number of allylic oxidation sites excluding steroid dienone is 1. The smallest absolute Gasteiger partial charge is 0.125 e. The fourth-order valence-corrected chi connectivity index (χ4v) is 0.251. The summed E-state index contributed by atoms with van der Waals surface area (Å²) in [5, 5.41) is 0. The van der Waals surface area contributed by atoms with Crippen LogP contribution in [0.25, 0.3) is 0 Å². The molecule has 9 heavy (non-hydrogen) atoms. The van der Waals surface area contributed by atoms with Crippen molar-refractivity contribution in [3.63, 3.8) is 0 Å². The van der Waals surface area contributed by atoms with E-state index in [1.54, 1.807) is 6.08 Å². The van der Waals surface area contributed by atoms with E-state index in [1.807, 2.05) is 20.8 Å². The van der Waals surface area contributed by atoms with Gasteiger partial charge >= 0.3 is 0 Å². The van der Waals surface area contributed by atoms with Gasteiger partial charge in [0, 0.05) is 0 Å². The minimum Gasteiger partial charge on any atom is -0.346 e. The first kappa shape index (κ1) is 8.50. The van der Waals surface area contributed by atoms with Crippen LogP contribution in [0.1, 0.15) is 27.2 Å². The van der Waals surface area contributed by atoms with E-state index in [0.717, 1.165) is 6.42 Å². The van der Waals surface area contributed by atoms with Crippen LogP contribution in [0.2, 0.25) is 0 Å². The average molecular weight is 130 g/mol. The van der Waals surface area contributed by atoms with Crippen molar-refractivity contribution in [1.29, 1.82) is 0 Å². The van der Waals surface area contributed by atoms with Crippen LogP contribution in [0, 0.1) is 0 Å². The number of hydrogen-bond donors (Lipinski definition) is 0. The highest BCUT2D eigenvalue weighted by molar-refractivity contribution is 4.62. The zero-order valence-electron chi connectivity index (χ0n) is 6.26. The van der Waals surface area contributed by atoms with Crippen molar-refractivity contribution in [2.24, 2.45) is 0 Å². The first-order valence-electron chi connectivity index (χ1n) is 3.24. The van der Waals surface area contributed by atoms with Gasteiger partial charge in [0.2, 0.25) is 0 Å². The fraction of sp³-hybridized carbons (Fsp3) is 0.714. The highest BCUT2D eigenvalue weighted by atomic mass is 17.2. The summed E-state index contributed by atoms with van der Waals surface area (Å²) >= 11 is 0. The third-order valence-corrected chi connectivity index (χ3v) is 0.986.